The van der Waals surface area contributed by atoms with Gasteiger partial charge in [0.2, 0.25) is 0 Å². The third kappa shape index (κ3) is 4.66. The van der Waals surface area contributed by atoms with Crippen molar-refractivity contribution in [2.24, 2.45) is 0 Å². The molecule has 1 aliphatic heterocycles. The SMILES string of the molecule is CC(C)(C)c1ccc(OP2OC(Cl)C(Cl)(Cl)O2)c(C(C)(C)C)c1. The largest absolute Gasteiger partial charge is 0.426 e. The number of hydrogen-bond donors (Lipinski definition) is 0. The summed E-state index contributed by atoms with van der Waals surface area (Å²) in [6.45, 7) is 12.9. The first-order valence-electron chi connectivity index (χ1n) is 7.31. The Labute approximate surface area is 154 Å². The smallest absolute Gasteiger partial charge is 0.401 e. The fraction of sp³-hybridized carbons (Fsp3) is 0.625. The van der Waals surface area contributed by atoms with Gasteiger partial charge in [0.05, 0.1) is 0 Å². The van der Waals surface area contributed by atoms with E-state index in [9.17, 15) is 0 Å². The summed E-state index contributed by atoms with van der Waals surface area (Å²) in [5.41, 5.74) is 1.27. The Bertz CT molecular complexity index is 579. The maximum Gasteiger partial charge on any atom is 0.401 e. The van der Waals surface area contributed by atoms with E-state index in [2.05, 4.69) is 47.6 Å². The molecule has 0 radical (unpaired) electrons. The molecule has 1 aromatic rings. The summed E-state index contributed by atoms with van der Waals surface area (Å²) in [4.78, 5) is 0. The Hall–Kier alpha value is 0.240. The first-order valence-corrected chi connectivity index (χ1v) is 9.60. The lowest BCUT2D eigenvalue weighted by Crippen LogP contribution is -2.21. The Morgan fingerprint density at radius 3 is 2.13 bits per heavy atom. The Morgan fingerprint density at radius 1 is 1.09 bits per heavy atom. The van der Waals surface area contributed by atoms with Crippen LogP contribution in [0.1, 0.15) is 52.7 Å². The minimum absolute atomic E-state index is 0.0485. The van der Waals surface area contributed by atoms with Gasteiger partial charge in [-0.05, 0) is 22.5 Å². The van der Waals surface area contributed by atoms with Crippen LogP contribution in [-0.2, 0) is 19.9 Å². The third-order valence-corrected chi connectivity index (χ3v) is 6.14. The molecule has 2 atom stereocenters. The minimum Gasteiger partial charge on any atom is -0.426 e. The molecule has 23 heavy (non-hydrogen) atoms. The summed E-state index contributed by atoms with van der Waals surface area (Å²) in [7, 11) is -1.75. The highest BCUT2D eigenvalue weighted by Crippen LogP contribution is 2.58. The van der Waals surface area contributed by atoms with Crippen molar-refractivity contribution in [3.8, 4) is 5.75 Å². The van der Waals surface area contributed by atoms with E-state index in [1.807, 2.05) is 12.1 Å². The van der Waals surface area contributed by atoms with Gasteiger partial charge in [-0.3, -0.25) is 9.05 Å². The van der Waals surface area contributed by atoms with Gasteiger partial charge < -0.3 is 4.52 Å². The Kier molecular flexibility index (Phi) is 5.54. The van der Waals surface area contributed by atoms with Gasteiger partial charge in [-0.2, -0.15) is 0 Å². The number of alkyl halides is 3. The average molecular weight is 400 g/mol. The first kappa shape index (κ1) is 19.6. The molecular weight excluding hydrogens is 378 g/mol. The van der Waals surface area contributed by atoms with E-state index in [0.717, 1.165) is 5.56 Å². The summed E-state index contributed by atoms with van der Waals surface area (Å²) in [6.07, 6.45) is 0. The molecule has 2 unspecified atom stereocenters. The highest BCUT2D eigenvalue weighted by Gasteiger charge is 2.50. The number of benzene rings is 1. The normalized spacial score (nSPS) is 24.7. The van der Waals surface area contributed by atoms with Gasteiger partial charge >= 0.3 is 8.60 Å². The van der Waals surface area contributed by atoms with Crippen LogP contribution < -0.4 is 4.52 Å². The number of hydrogen-bond acceptors (Lipinski definition) is 3. The molecule has 7 heteroatoms. The van der Waals surface area contributed by atoms with Gasteiger partial charge in [0.15, 0.2) is 5.56 Å². The van der Waals surface area contributed by atoms with Gasteiger partial charge in [0, 0.05) is 5.56 Å². The lowest BCUT2D eigenvalue weighted by atomic mass is 9.80. The van der Waals surface area contributed by atoms with Gasteiger partial charge in [-0.1, -0.05) is 88.5 Å². The molecule has 1 aliphatic rings. The molecule has 0 spiro atoms. The molecule has 2 rings (SSSR count). The minimum atomic E-state index is -1.75. The van der Waals surface area contributed by atoms with E-state index in [-0.39, 0.29) is 10.8 Å². The van der Waals surface area contributed by atoms with Crippen molar-refractivity contribution < 1.29 is 13.6 Å². The van der Waals surface area contributed by atoms with Crippen LogP contribution in [0.25, 0.3) is 0 Å². The van der Waals surface area contributed by atoms with Crippen molar-refractivity contribution in [3.05, 3.63) is 29.3 Å². The number of halogens is 3. The standard InChI is InChI=1S/C16H22Cl3O3P/c1-14(2,3)10-7-8-12(11(9-10)15(4,5)6)20-23-21-13(17)16(18,19)22-23/h7-9,13H,1-6H3. The number of rotatable bonds is 2. The zero-order valence-electron chi connectivity index (χ0n) is 14.1. The average Bonchev–Trinajstić information content (AvgIpc) is 2.60. The zero-order valence-corrected chi connectivity index (χ0v) is 17.3. The van der Waals surface area contributed by atoms with E-state index in [1.54, 1.807) is 0 Å². The second-order valence-electron chi connectivity index (χ2n) is 7.60. The molecule has 1 fully saturated rings. The van der Waals surface area contributed by atoms with Gasteiger partial charge in [0.1, 0.15) is 5.75 Å². The van der Waals surface area contributed by atoms with Crippen molar-refractivity contribution in [1.82, 2.24) is 0 Å². The molecule has 0 aromatic heterocycles. The molecule has 0 saturated carbocycles. The van der Waals surface area contributed by atoms with Crippen LogP contribution in [0.5, 0.6) is 5.75 Å². The monoisotopic (exact) mass is 398 g/mol. The van der Waals surface area contributed by atoms with Crippen molar-refractivity contribution in [2.45, 2.75) is 62.5 Å². The van der Waals surface area contributed by atoms with Crippen molar-refractivity contribution in [2.75, 3.05) is 0 Å². The topological polar surface area (TPSA) is 27.7 Å². The van der Waals surface area contributed by atoms with Crippen molar-refractivity contribution in [1.29, 1.82) is 0 Å². The summed E-state index contributed by atoms with van der Waals surface area (Å²) < 4.78 is 15.0. The van der Waals surface area contributed by atoms with Crippen LogP contribution in [0, 0.1) is 0 Å². The molecule has 0 bridgehead atoms. The maximum absolute atomic E-state index is 5.92. The lowest BCUT2D eigenvalue weighted by Gasteiger charge is -2.27. The van der Waals surface area contributed by atoms with E-state index in [1.165, 1.54) is 5.56 Å². The van der Waals surface area contributed by atoms with Gasteiger partial charge in [0.25, 0.3) is 4.52 Å². The fourth-order valence-corrected chi connectivity index (χ4v) is 3.97. The predicted octanol–water partition coefficient (Wildman–Crippen LogP) is 6.63. The van der Waals surface area contributed by atoms with Crippen LogP contribution in [-0.4, -0.2) is 10.1 Å². The molecule has 1 aromatic carbocycles. The van der Waals surface area contributed by atoms with E-state index in [0.29, 0.717) is 5.75 Å². The molecule has 0 aliphatic carbocycles. The second kappa shape index (κ2) is 6.52. The van der Waals surface area contributed by atoms with Crippen LogP contribution >= 0.6 is 43.4 Å². The molecule has 1 heterocycles. The Morgan fingerprint density at radius 2 is 1.70 bits per heavy atom. The van der Waals surface area contributed by atoms with E-state index < -0.39 is 18.7 Å². The van der Waals surface area contributed by atoms with Crippen LogP contribution in [0.2, 0.25) is 0 Å². The van der Waals surface area contributed by atoms with Crippen molar-refractivity contribution in [3.63, 3.8) is 0 Å². The summed E-state index contributed by atoms with van der Waals surface area (Å²) in [6, 6.07) is 6.14. The summed E-state index contributed by atoms with van der Waals surface area (Å²) in [5.74, 6) is 0.687. The first-order chi connectivity index (χ1) is 10.3. The van der Waals surface area contributed by atoms with Gasteiger partial charge in [-0.25, -0.2) is 0 Å². The maximum atomic E-state index is 5.92. The lowest BCUT2D eigenvalue weighted by molar-refractivity contribution is 0.253. The molecule has 130 valence electrons. The summed E-state index contributed by atoms with van der Waals surface area (Å²) in [5, 5.41) is 0. The quantitative estimate of drug-likeness (QED) is 0.412. The summed E-state index contributed by atoms with van der Waals surface area (Å²) >= 11 is 17.7. The molecule has 3 nitrogen and oxygen atoms in total. The van der Waals surface area contributed by atoms with Crippen LogP contribution in [0.3, 0.4) is 0 Å². The predicted molar refractivity (Wildman–Crippen MR) is 97.6 cm³/mol. The second-order valence-corrected chi connectivity index (χ2v) is 10.3. The van der Waals surface area contributed by atoms with Crippen LogP contribution in [0.4, 0.5) is 0 Å². The molecule has 0 amide bonds. The Balaban J connectivity index is 2.32. The fourth-order valence-electron chi connectivity index (χ4n) is 2.08. The third-order valence-electron chi connectivity index (χ3n) is 3.47. The molecule has 1 saturated heterocycles. The van der Waals surface area contributed by atoms with Crippen LogP contribution in [0.15, 0.2) is 18.2 Å². The van der Waals surface area contributed by atoms with Gasteiger partial charge in [-0.15, -0.1) is 0 Å². The van der Waals surface area contributed by atoms with E-state index >= 15 is 0 Å². The van der Waals surface area contributed by atoms with Crippen molar-refractivity contribution >= 4 is 43.4 Å². The molecule has 0 N–H and O–H groups in total. The highest BCUT2D eigenvalue weighted by atomic mass is 35.5. The molecular formula is C16H22Cl3O3P. The highest BCUT2D eigenvalue weighted by molar-refractivity contribution is 7.42. The zero-order chi connectivity index (χ0) is 17.6. The van der Waals surface area contributed by atoms with E-state index in [4.69, 9.17) is 48.4 Å².